The molecule has 0 radical (unpaired) electrons. The number of anilines is 1. The van der Waals surface area contributed by atoms with Crippen LogP contribution >= 0.6 is 0 Å². The third-order valence-electron chi connectivity index (χ3n) is 4.55. The van der Waals surface area contributed by atoms with E-state index in [4.69, 9.17) is 4.74 Å². The van der Waals surface area contributed by atoms with Gasteiger partial charge in [-0.25, -0.2) is 0 Å². The second-order valence-corrected chi connectivity index (χ2v) is 6.11. The maximum absolute atomic E-state index is 12.7. The van der Waals surface area contributed by atoms with Gasteiger partial charge >= 0.3 is 0 Å². The van der Waals surface area contributed by atoms with Crippen molar-refractivity contribution in [1.82, 2.24) is 4.90 Å². The maximum atomic E-state index is 12.7. The SMILES string of the molecule is CN(C(=O)c1ccc2c(c1)NC(=O)CO2)C1CCCCCC1. The van der Waals surface area contributed by atoms with Gasteiger partial charge in [0.25, 0.3) is 11.8 Å². The molecule has 5 nitrogen and oxygen atoms in total. The molecule has 1 aromatic rings. The second-order valence-electron chi connectivity index (χ2n) is 6.11. The predicted octanol–water partition coefficient (Wildman–Crippen LogP) is 2.81. The van der Waals surface area contributed by atoms with Crippen LogP contribution in [0.1, 0.15) is 48.9 Å². The third kappa shape index (κ3) is 3.08. The van der Waals surface area contributed by atoms with E-state index in [1.165, 1.54) is 25.7 Å². The molecule has 3 rings (SSSR count). The molecule has 0 unspecified atom stereocenters. The van der Waals surface area contributed by atoms with Gasteiger partial charge in [0.2, 0.25) is 0 Å². The van der Waals surface area contributed by atoms with Crippen LogP contribution < -0.4 is 10.1 Å². The van der Waals surface area contributed by atoms with Gasteiger partial charge in [0.1, 0.15) is 5.75 Å². The van der Waals surface area contributed by atoms with Gasteiger partial charge in [0.15, 0.2) is 6.61 Å². The van der Waals surface area contributed by atoms with Gasteiger partial charge in [-0.2, -0.15) is 0 Å². The number of amides is 2. The lowest BCUT2D eigenvalue weighted by Gasteiger charge is -2.28. The highest BCUT2D eigenvalue weighted by atomic mass is 16.5. The zero-order valence-corrected chi connectivity index (χ0v) is 12.9. The van der Waals surface area contributed by atoms with Crippen molar-refractivity contribution in [3.05, 3.63) is 23.8 Å². The van der Waals surface area contributed by atoms with E-state index in [1.807, 2.05) is 11.9 Å². The van der Waals surface area contributed by atoms with Crippen LogP contribution in [0.5, 0.6) is 5.75 Å². The molecule has 2 amide bonds. The molecule has 1 fully saturated rings. The van der Waals surface area contributed by atoms with Crippen molar-refractivity contribution in [2.45, 2.75) is 44.6 Å². The summed E-state index contributed by atoms with van der Waals surface area (Å²) < 4.78 is 5.33. The van der Waals surface area contributed by atoms with E-state index in [1.54, 1.807) is 18.2 Å². The summed E-state index contributed by atoms with van der Waals surface area (Å²) in [5.41, 5.74) is 1.17. The van der Waals surface area contributed by atoms with Gasteiger partial charge in [-0.3, -0.25) is 9.59 Å². The average Bonchev–Trinajstić information content (AvgIpc) is 2.82. The number of fused-ring (bicyclic) bond motifs is 1. The normalized spacial score (nSPS) is 18.7. The Morgan fingerprint density at radius 3 is 2.68 bits per heavy atom. The molecule has 2 aliphatic rings. The van der Waals surface area contributed by atoms with E-state index >= 15 is 0 Å². The molecule has 0 bridgehead atoms. The van der Waals surface area contributed by atoms with Gasteiger partial charge in [0, 0.05) is 18.7 Å². The highest BCUT2D eigenvalue weighted by Crippen LogP contribution is 2.29. The Hall–Kier alpha value is -2.04. The Morgan fingerprint density at radius 1 is 1.23 bits per heavy atom. The summed E-state index contributed by atoms with van der Waals surface area (Å²) in [7, 11) is 1.88. The fourth-order valence-electron chi connectivity index (χ4n) is 3.23. The van der Waals surface area contributed by atoms with Crippen LogP contribution in [0.4, 0.5) is 5.69 Å². The van der Waals surface area contributed by atoms with Gasteiger partial charge < -0.3 is 15.0 Å². The van der Waals surface area contributed by atoms with E-state index in [9.17, 15) is 9.59 Å². The first-order chi connectivity index (χ1) is 10.6. The van der Waals surface area contributed by atoms with Crippen LogP contribution in [0.25, 0.3) is 0 Å². The topological polar surface area (TPSA) is 58.6 Å². The predicted molar refractivity (Wildman–Crippen MR) is 84.2 cm³/mol. The van der Waals surface area contributed by atoms with Crippen LogP contribution in [-0.4, -0.2) is 36.4 Å². The average molecular weight is 302 g/mol. The molecule has 1 N–H and O–H groups in total. The van der Waals surface area contributed by atoms with Crippen molar-refractivity contribution in [3.8, 4) is 5.75 Å². The largest absolute Gasteiger partial charge is 0.482 e. The molecule has 0 aromatic heterocycles. The number of benzene rings is 1. The number of carbonyl (C=O) groups excluding carboxylic acids is 2. The monoisotopic (exact) mass is 302 g/mol. The van der Waals surface area contributed by atoms with Gasteiger partial charge in [-0.1, -0.05) is 25.7 Å². The minimum atomic E-state index is -0.186. The van der Waals surface area contributed by atoms with Crippen molar-refractivity contribution >= 4 is 17.5 Å². The maximum Gasteiger partial charge on any atom is 0.262 e. The minimum absolute atomic E-state index is 0.00882. The summed E-state index contributed by atoms with van der Waals surface area (Å²) in [6, 6.07) is 5.55. The lowest BCUT2D eigenvalue weighted by Crippen LogP contribution is -2.37. The van der Waals surface area contributed by atoms with Gasteiger partial charge in [0.05, 0.1) is 5.69 Å². The molecule has 118 valence electrons. The highest BCUT2D eigenvalue weighted by Gasteiger charge is 2.24. The summed E-state index contributed by atoms with van der Waals surface area (Å²) in [6.07, 6.45) is 7.06. The second kappa shape index (κ2) is 6.38. The number of hydrogen-bond acceptors (Lipinski definition) is 3. The summed E-state index contributed by atoms with van der Waals surface area (Å²) in [5.74, 6) is 0.442. The molecule has 5 heteroatoms. The van der Waals surface area contributed by atoms with Crippen LogP contribution in [0, 0.1) is 0 Å². The zero-order valence-electron chi connectivity index (χ0n) is 12.9. The van der Waals surface area contributed by atoms with Gasteiger partial charge in [-0.05, 0) is 31.0 Å². The molecular formula is C17H22N2O3. The molecule has 1 saturated carbocycles. The molecule has 1 aliphatic heterocycles. The lowest BCUT2D eigenvalue weighted by molar-refractivity contribution is -0.118. The zero-order chi connectivity index (χ0) is 15.5. The van der Waals surface area contributed by atoms with E-state index in [2.05, 4.69) is 5.32 Å². The summed E-state index contributed by atoms with van der Waals surface area (Å²) in [6.45, 7) is 0.0300. The molecule has 1 aliphatic carbocycles. The Labute approximate surface area is 130 Å². The highest BCUT2D eigenvalue weighted by molar-refractivity contribution is 5.99. The van der Waals surface area contributed by atoms with Crippen molar-refractivity contribution < 1.29 is 14.3 Å². The van der Waals surface area contributed by atoms with Crippen LogP contribution in [0.2, 0.25) is 0 Å². The molecule has 0 atom stereocenters. The molecule has 0 spiro atoms. The van der Waals surface area contributed by atoms with Crippen molar-refractivity contribution in [1.29, 1.82) is 0 Å². The lowest BCUT2D eigenvalue weighted by atomic mass is 10.1. The number of carbonyl (C=O) groups is 2. The first-order valence-electron chi connectivity index (χ1n) is 7.99. The standard InChI is InChI=1S/C17H22N2O3/c1-19(13-6-4-2-3-5-7-13)17(21)12-8-9-15-14(10-12)18-16(20)11-22-15/h8-10,13H,2-7,11H2,1H3,(H,18,20). The van der Waals surface area contributed by atoms with Crippen molar-refractivity contribution in [2.24, 2.45) is 0 Å². The van der Waals surface area contributed by atoms with Crippen molar-refractivity contribution in [2.75, 3.05) is 19.0 Å². The Morgan fingerprint density at radius 2 is 1.95 bits per heavy atom. The number of nitrogens with one attached hydrogen (secondary N) is 1. The molecule has 1 aromatic carbocycles. The summed E-state index contributed by atoms with van der Waals surface area (Å²) in [4.78, 5) is 26.0. The number of ether oxygens (including phenoxy) is 1. The Balaban J connectivity index is 1.76. The molecule has 1 heterocycles. The number of hydrogen-bond donors (Lipinski definition) is 1. The molecule has 22 heavy (non-hydrogen) atoms. The minimum Gasteiger partial charge on any atom is -0.482 e. The molecular weight excluding hydrogens is 280 g/mol. The quantitative estimate of drug-likeness (QED) is 0.855. The van der Waals surface area contributed by atoms with E-state index in [0.29, 0.717) is 23.0 Å². The summed E-state index contributed by atoms with van der Waals surface area (Å²) >= 11 is 0. The first kappa shape index (κ1) is 14.9. The smallest absolute Gasteiger partial charge is 0.262 e. The Kier molecular flexibility index (Phi) is 4.32. The van der Waals surface area contributed by atoms with Crippen LogP contribution in [0.3, 0.4) is 0 Å². The third-order valence-corrected chi connectivity index (χ3v) is 4.55. The van der Waals surface area contributed by atoms with E-state index in [0.717, 1.165) is 12.8 Å². The fraction of sp³-hybridized carbons (Fsp3) is 0.529. The van der Waals surface area contributed by atoms with E-state index < -0.39 is 0 Å². The fourth-order valence-corrected chi connectivity index (χ4v) is 3.23. The van der Waals surface area contributed by atoms with Crippen LogP contribution in [0.15, 0.2) is 18.2 Å². The molecule has 0 saturated heterocycles. The van der Waals surface area contributed by atoms with E-state index in [-0.39, 0.29) is 18.4 Å². The van der Waals surface area contributed by atoms with Gasteiger partial charge in [-0.15, -0.1) is 0 Å². The summed E-state index contributed by atoms with van der Waals surface area (Å²) in [5, 5.41) is 2.75. The first-order valence-corrected chi connectivity index (χ1v) is 7.99. The van der Waals surface area contributed by atoms with Crippen LogP contribution in [-0.2, 0) is 4.79 Å². The number of nitrogens with zero attached hydrogens (tertiary/aromatic N) is 1. The van der Waals surface area contributed by atoms with Crippen molar-refractivity contribution in [3.63, 3.8) is 0 Å². The Bertz CT molecular complexity index is 577. The number of rotatable bonds is 2.